The van der Waals surface area contributed by atoms with E-state index >= 15 is 0 Å². The third-order valence-electron chi connectivity index (χ3n) is 3.77. The van der Waals surface area contributed by atoms with Crippen molar-refractivity contribution in [1.29, 1.82) is 0 Å². The second-order valence-electron chi connectivity index (χ2n) is 4.69. The first-order chi connectivity index (χ1) is 6.18. The Morgan fingerprint density at radius 1 is 1.38 bits per heavy atom. The van der Waals surface area contributed by atoms with Crippen LogP contribution in [0.4, 0.5) is 0 Å². The SMILES string of the molecule is CCC1(C2CC2)CNC(C)C(C)O1. The molecule has 0 bridgehead atoms. The molecule has 3 unspecified atom stereocenters. The normalized spacial score (nSPS) is 46.4. The number of nitrogens with one attached hydrogen (secondary N) is 1. The minimum absolute atomic E-state index is 0.173. The van der Waals surface area contributed by atoms with Gasteiger partial charge in [-0.2, -0.15) is 0 Å². The average molecular weight is 183 g/mol. The van der Waals surface area contributed by atoms with Crippen molar-refractivity contribution in [3.05, 3.63) is 0 Å². The summed E-state index contributed by atoms with van der Waals surface area (Å²) in [5, 5.41) is 3.57. The Morgan fingerprint density at radius 2 is 2.08 bits per heavy atom. The molecular formula is C11H21NO. The molecule has 2 aliphatic rings. The topological polar surface area (TPSA) is 21.3 Å². The van der Waals surface area contributed by atoms with Gasteiger partial charge in [-0.3, -0.25) is 0 Å². The van der Waals surface area contributed by atoms with Crippen LogP contribution in [0.2, 0.25) is 0 Å². The van der Waals surface area contributed by atoms with E-state index in [2.05, 4.69) is 26.1 Å². The zero-order chi connectivity index (χ0) is 9.47. The highest BCUT2D eigenvalue weighted by molar-refractivity contribution is 5.00. The van der Waals surface area contributed by atoms with Crippen molar-refractivity contribution >= 4 is 0 Å². The first-order valence-corrected chi connectivity index (χ1v) is 5.59. The van der Waals surface area contributed by atoms with Gasteiger partial charge in [0.15, 0.2) is 0 Å². The van der Waals surface area contributed by atoms with E-state index in [4.69, 9.17) is 4.74 Å². The van der Waals surface area contributed by atoms with Gasteiger partial charge < -0.3 is 10.1 Å². The van der Waals surface area contributed by atoms with Gasteiger partial charge in [-0.15, -0.1) is 0 Å². The van der Waals surface area contributed by atoms with Gasteiger partial charge in [-0.25, -0.2) is 0 Å². The van der Waals surface area contributed by atoms with E-state index in [0.29, 0.717) is 12.1 Å². The van der Waals surface area contributed by atoms with E-state index in [1.165, 1.54) is 12.8 Å². The van der Waals surface area contributed by atoms with E-state index in [0.717, 1.165) is 18.9 Å². The molecular weight excluding hydrogens is 162 g/mol. The van der Waals surface area contributed by atoms with Crippen LogP contribution >= 0.6 is 0 Å². The molecule has 0 aromatic carbocycles. The zero-order valence-electron chi connectivity index (χ0n) is 8.97. The van der Waals surface area contributed by atoms with Gasteiger partial charge in [0, 0.05) is 12.6 Å². The Labute approximate surface area is 81.0 Å². The van der Waals surface area contributed by atoms with E-state index in [1.54, 1.807) is 0 Å². The molecule has 1 saturated carbocycles. The van der Waals surface area contributed by atoms with Crippen LogP contribution in [0.1, 0.15) is 40.0 Å². The van der Waals surface area contributed by atoms with E-state index in [1.807, 2.05) is 0 Å². The predicted molar refractivity (Wildman–Crippen MR) is 53.8 cm³/mol. The number of hydrogen-bond acceptors (Lipinski definition) is 2. The number of ether oxygens (including phenoxy) is 1. The number of rotatable bonds is 2. The van der Waals surface area contributed by atoms with Gasteiger partial charge in [0.05, 0.1) is 11.7 Å². The van der Waals surface area contributed by atoms with Gasteiger partial charge in [0.25, 0.3) is 0 Å². The van der Waals surface area contributed by atoms with Crippen molar-refractivity contribution < 1.29 is 4.74 Å². The molecule has 3 atom stereocenters. The fourth-order valence-electron chi connectivity index (χ4n) is 2.36. The number of hydrogen-bond donors (Lipinski definition) is 1. The highest BCUT2D eigenvalue weighted by Gasteiger charge is 2.48. The van der Waals surface area contributed by atoms with Gasteiger partial charge >= 0.3 is 0 Å². The fourth-order valence-corrected chi connectivity index (χ4v) is 2.36. The lowest BCUT2D eigenvalue weighted by atomic mass is 9.91. The van der Waals surface area contributed by atoms with Crippen LogP contribution in [-0.2, 0) is 4.74 Å². The molecule has 0 amide bonds. The summed E-state index contributed by atoms with van der Waals surface area (Å²) in [6.07, 6.45) is 4.27. The van der Waals surface area contributed by atoms with E-state index in [-0.39, 0.29) is 5.60 Å². The zero-order valence-corrected chi connectivity index (χ0v) is 8.97. The van der Waals surface area contributed by atoms with Crippen LogP contribution < -0.4 is 5.32 Å². The molecule has 2 nitrogen and oxygen atoms in total. The van der Waals surface area contributed by atoms with E-state index in [9.17, 15) is 0 Å². The Hall–Kier alpha value is -0.0800. The maximum atomic E-state index is 6.20. The van der Waals surface area contributed by atoms with Crippen molar-refractivity contribution in [2.45, 2.75) is 57.8 Å². The van der Waals surface area contributed by atoms with Crippen LogP contribution in [-0.4, -0.2) is 24.3 Å². The van der Waals surface area contributed by atoms with Gasteiger partial charge in [0.2, 0.25) is 0 Å². The largest absolute Gasteiger partial charge is 0.369 e. The summed E-state index contributed by atoms with van der Waals surface area (Å²) in [6.45, 7) is 7.70. The minimum Gasteiger partial charge on any atom is -0.369 e. The molecule has 2 heteroatoms. The third-order valence-corrected chi connectivity index (χ3v) is 3.77. The molecule has 1 aliphatic carbocycles. The molecule has 0 spiro atoms. The summed E-state index contributed by atoms with van der Waals surface area (Å²) in [5.74, 6) is 0.833. The fraction of sp³-hybridized carbons (Fsp3) is 1.00. The van der Waals surface area contributed by atoms with Crippen molar-refractivity contribution in [1.82, 2.24) is 5.32 Å². The van der Waals surface area contributed by atoms with Gasteiger partial charge in [-0.05, 0) is 39.0 Å². The second-order valence-corrected chi connectivity index (χ2v) is 4.69. The van der Waals surface area contributed by atoms with Crippen LogP contribution in [0, 0.1) is 5.92 Å². The predicted octanol–water partition coefficient (Wildman–Crippen LogP) is 1.94. The lowest BCUT2D eigenvalue weighted by Gasteiger charge is -2.44. The monoisotopic (exact) mass is 183 g/mol. The lowest BCUT2D eigenvalue weighted by Crippen LogP contribution is -2.58. The molecule has 0 aromatic heterocycles. The Morgan fingerprint density at radius 3 is 2.54 bits per heavy atom. The van der Waals surface area contributed by atoms with E-state index < -0.39 is 0 Å². The summed E-state index contributed by atoms with van der Waals surface area (Å²) < 4.78 is 6.20. The van der Waals surface area contributed by atoms with Crippen LogP contribution in [0.3, 0.4) is 0 Å². The molecule has 1 saturated heterocycles. The summed E-state index contributed by atoms with van der Waals surface area (Å²) in [6, 6.07) is 0.512. The van der Waals surface area contributed by atoms with Crippen molar-refractivity contribution in [3.63, 3.8) is 0 Å². The second kappa shape index (κ2) is 3.25. The summed E-state index contributed by atoms with van der Waals surface area (Å²) >= 11 is 0. The molecule has 1 N–H and O–H groups in total. The van der Waals surface area contributed by atoms with Crippen molar-refractivity contribution in [3.8, 4) is 0 Å². The maximum Gasteiger partial charge on any atom is 0.0836 e. The Bertz CT molecular complexity index is 191. The summed E-state index contributed by atoms with van der Waals surface area (Å²) in [5.41, 5.74) is 0.173. The Balaban J connectivity index is 2.05. The summed E-state index contributed by atoms with van der Waals surface area (Å²) in [4.78, 5) is 0. The minimum atomic E-state index is 0.173. The van der Waals surface area contributed by atoms with Crippen LogP contribution in [0.15, 0.2) is 0 Å². The molecule has 0 aromatic rings. The van der Waals surface area contributed by atoms with Crippen molar-refractivity contribution in [2.24, 2.45) is 5.92 Å². The van der Waals surface area contributed by atoms with Gasteiger partial charge in [0.1, 0.15) is 0 Å². The molecule has 2 fully saturated rings. The molecule has 1 aliphatic heterocycles. The standard InChI is InChI=1S/C11H21NO/c1-4-11(10-5-6-10)7-12-8(2)9(3)13-11/h8-10,12H,4-7H2,1-3H3. The number of morpholine rings is 1. The third kappa shape index (κ3) is 1.62. The molecule has 2 rings (SSSR count). The highest BCUT2D eigenvalue weighted by Crippen LogP contribution is 2.45. The molecule has 13 heavy (non-hydrogen) atoms. The van der Waals surface area contributed by atoms with Crippen LogP contribution in [0.5, 0.6) is 0 Å². The quantitative estimate of drug-likeness (QED) is 0.706. The molecule has 1 heterocycles. The summed E-state index contributed by atoms with van der Waals surface area (Å²) in [7, 11) is 0. The smallest absolute Gasteiger partial charge is 0.0836 e. The first-order valence-electron chi connectivity index (χ1n) is 5.59. The van der Waals surface area contributed by atoms with Crippen LogP contribution in [0.25, 0.3) is 0 Å². The maximum absolute atomic E-state index is 6.20. The average Bonchev–Trinajstić information content (AvgIpc) is 2.93. The molecule has 76 valence electrons. The van der Waals surface area contributed by atoms with Gasteiger partial charge in [-0.1, -0.05) is 6.92 Å². The first kappa shape index (κ1) is 9.47. The molecule has 0 radical (unpaired) electrons. The Kier molecular flexibility index (Phi) is 2.37. The lowest BCUT2D eigenvalue weighted by molar-refractivity contribution is -0.139. The highest BCUT2D eigenvalue weighted by atomic mass is 16.5. The van der Waals surface area contributed by atoms with Crippen molar-refractivity contribution in [2.75, 3.05) is 6.54 Å².